The molecule has 0 radical (unpaired) electrons. The standard InChI is InChI=1S/C17H28N2/c1-9-18-17-13(8)14(10(2)3)15(11(4)5)19-16(17)12(6)7/h9-12H,1-8H3/b18-9-. The van der Waals surface area contributed by atoms with Crippen LogP contribution in [0.5, 0.6) is 0 Å². The van der Waals surface area contributed by atoms with Crippen molar-refractivity contribution in [3.63, 3.8) is 0 Å². The molecule has 2 nitrogen and oxygen atoms in total. The van der Waals surface area contributed by atoms with Crippen LogP contribution in [0.4, 0.5) is 5.69 Å². The van der Waals surface area contributed by atoms with Crippen LogP contribution in [0.3, 0.4) is 0 Å². The van der Waals surface area contributed by atoms with E-state index in [2.05, 4.69) is 53.5 Å². The van der Waals surface area contributed by atoms with E-state index in [0.717, 1.165) is 11.4 Å². The predicted molar refractivity (Wildman–Crippen MR) is 85.1 cm³/mol. The van der Waals surface area contributed by atoms with Crippen molar-refractivity contribution in [2.75, 3.05) is 0 Å². The van der Waals surface area contributed by atoms with Gasteiger partial charge in [0, 0.05) is 11.9 Å². The first-order valence-electron chi connectivity index (χ1n) is 7.34. The van der Waals surface area contributed by atoms with Crippen LogP contribution in [0.25, 0.3) is 0 Å². The molecule has 0 spiro atoms. The van der Waals surface area contributed by atoms with E-state index >= 15 is 0 Å². The minimum Gasteiger partial charge on any atom is -0.259 e. The zero-order valence-electron chi connectivity index (χ0n) is 13.7. The van der Waals surface area contributed by atoms with E-state index in [-0.39, 0.29) is 0 Å². The van der Waals surface area contributed by atoms with Crippen LogP contribution in [0.1, 0.15) is 88.7 Å². The van der Waals surface area contributed by atoms with E-state index in [1.807, 2.05) is 13.1 Å². The highest BCUT2D eigenvalue weighted by molar-refractivity contribution is 5.66. The van der Waals surface area contributed by atoms with Crippen molar-refractivity contribution in [1.82, 2.24) is 4.98 Å². The lowest BCUT2D eigenvalue weighted by Crippen LogP contribution is -2.09. The predicted octanol–water partition coefficient (Wildman–Crippen LogP) is 5.48. The molecule has 0 aliphatic rings. The zero-order chi connectivity index (χ0) is 14.7. The van der Waals surface area contributed by atoms with Crippen molar-refractivity contribution in [3.05, 3.63) is 22.5 Å². The highest BCUT2D eigenvalue weighted by Gasteiger charge is 2.21. The summed E-state index contributed by atoms with van der Waals surface area (Å²) >= 11 is 0. The molecule has 0 N–H and O–H groups in total. The van der Waals surface area contributed by atoms with Gasteiger partial charge in [0.05, 0.1) is 11.4 Å². The zero-order valence-corrected chi connectivity index (χ0v) is 13.7. The molecule has 0 saturated heterocycles. The van der Waals surface area contributed by atoms with Gasteiger partial charge in [-0.25, -0.2) is 0 Å². The van der Waals surface area contributed by atoms with Gasteiger partial charge in [0.1, 0.15) is 0 Å². The lowest BCUT2D eigenvalue weighted by atomic mass is 9.88. The fourth-order valence-corrected chi connectivity index (χ4v) is 2.62. The number of pyridine rings is 1. The van der Waals surface area contributed by atoms with E-state index < -0.39 is 0 Å². The molecular formula is C17H28N2. The maximum Gasteiger partial charge on any atom is 0.0875 e. The summed E-state index contributed by atoms with van der Waals surface area (Å²) in [6.45, 7) is 17.5. The summed E-state index contributed by atoms with van der Waals surface area (Å²) in [7, 11) is 0. The number of rotatable bonds is 4. The Balaban J connectivity index is 3.70. The van der Waals surface area contributed by atoms with Crippen molar-refractivity contribution < 1.29 is 0 Å². The van der Waals surface area contributed by atoms with Gasteiger partial charge >= 0.3 is 0 Å². The third kappa shape index (κ3) is 3.23. The molecule has 0 unspecified atom stereocenters. The second kappa shape index (κ2) is 6.31. The molecule has 106 valence electrons. The molecule has 0 atom stereocenters. The van der Waals surface area contributed by atoms with Crippen LogP contribution in [0, 0.1) is 6.92 Å². The van der Waals surface area contributed by atoms with Crippen molar-refractivity contribution in [1.29, 1.82) is 0 Å². The van der Waals surface area contributed by atoms with Crippen molar-refractivity contribution >= 4 is 11.9 Å². The van der Waals surface area contributed by atoms with Gasteiger partial charge in [-0.3, -0.25) is 9.98 Å². The first-order chi connectivity index (χ1) is 8.81. The molecule has 2 heteroatoms. The normalized spacial score (nSPS) is 12.4. The summed E-state index contributed by atoms with van der Waals surface area (Å²) in [6.07, 6.45) is 1.87. The minimum atomic E-state index is 0.399. The monoisotopic (exact) mass is 260 g/mol. The molecule has 1 rings (SSSR count). The van der Waals surface area contributed by atoms with Gasteiger partial charge in [-0.1, -0.05) is 41.5 Å². The van der Waals surface area contributed by atoms with Gasteiger partial charge < -0.3 is 0 Å². The molecule has 1 aromatic rings. The second-order valence-electron chi connectivity index (χ2n) is 6.12. The summed E-state index contributed by atoms with van der Waals surface area (Å²) < 4.78 is 0. The Morgan fingerprint density at radius 3 is 1.79 bits per heavy atom. The van der Waals surface area contributed by atoms with Gasteiger partial charge in [-0.2, -0.15) is 0 Å². The fourth-order valence-electron chi connectivity index (χ4n) is 2.62. The summed E-state index contributed by atoms with van der Waals surface area (Å²) in [6, 6.07) is 0. The minimum absolute atomic E-state index is 0.399. The van der Waals surface area contributed by atoms with Crippen LogP contribution in [-0.2, 0) is 0 Å². The van der Waals surface area contributed by atoms with Gasteiger partial charge in [-0.15, -0.1) is 0 Å². The molecule has 0 aliphatic heterocycles. The maximum atomic E-state index is 4.96. The smallest absolute Gasteiger partial charge is 0.0875 e. The average molecular weight is 260 g/mol. The van der Waals surface area contributed by atoms with Crippen LogP contribution < -0.4 is 0 Å². The Hall–Kier alpha value is -1.18. The highest BCUT2D eigenvalue weighted by Crippen LogP contribution is 2.37. The first-order valence-corrected chi connectivity index (χ1v) is 7.34. The highest BCUT2D eigenvalue weighted by atomic mass is 14.8. The maximum absolute atomic E-state index is 4.96. The largest absolute Gasteiger partial charge is 0.259 e. The van der Waals surface area contributed by atoms with E-state index in [1.54, 1.807) is 0 Å². The fraction of sp³-hybridized carbons (Fsp3) is 0.647. The number of nitrogens with zero attached hydrogens (tertiary/aromatic N) is 2. The van der Waals surface area contributed by atoms with E-state index in [1.165, 1.54) is 16.8 Å². The Labute approximate surface area is 118 Å². The third-order valence-corrected chi connectivity index (χ3v) is 3.45. The number of aromatic nitrogens is 1. The van der Waals surface area contributed by atoms with Gasteiger partial charge in [0.15, 0.2) is 0 Å². The van der Waals surface area contributed by atoms with Crippen LogP contribution in [-0.4, -0.2) is 11.2 Å². The molecule has 0 aromatic carbocycles. The third-order valence-electron chi connectivity index (χ3n) is 3.45. The van der Waals surface area contributed by atoms with Crippen LogP contribution >= 0.6 is 0 Å². The summed E-state index contributed by atoms with van der Waals surface area (Å²) in [4.78, 5) is 9.54. The lowest BCUT2D eigenvalue weighted by molar-refractivity contribution is 0.720. The molecule has 1 heterocycles. The van der Waals surface area contributed by atoms with E-state index in [0.29, 0.717) is 17.8 Å². The quantitative estimate of drug-likeness (QED) is 0.658. The lowest BCUT2D eigenvalue weighted by Gasteiger charge is -2.23. The summed E-state index contributed by atoms with van der Waals surface area (Å²) in [5, 5.41) is 0. The molecule has 0 saturated carbocycles. The van der Waals surface area contributed by atoms with Gasteiger partial charge in [0.25, 0.3) is 0 Å². The Morgan fingerprint density at radius 1 is 0.895 bits per heavy atom. The van der Waals surface area contributed by atoms with Crippen LogP contribution in [0.15, 0.2) is 4.99 Å². The number of hydrogen-bond acceptors (Lipinski definition) is 2. The summed E-state index contributed by atoms with van der Waals surface area (Å²) in [5.74, 6) is 1.33. The SMILES string of the molecule is C/C=N\c1c(C(C)C)nc(C(C)C)c(C(C)C)c1C. The van der Waals surface area contributed by atoms with Gasteiger partial charge in [-0.05, 0) is 42.7 Å². The van der Waals surface area contributed by atoms with Crippen molar-refractivity contribution in [2.24, 2.45) is 4.99 Å². The second-order valence-corrected chi connectivity index (χ2v) is 6.12. The average Bonchev–Trinajstić information content (AvgIpc) is 2.29. The van der Waals surface area contributed by atoms with Crippen molar-refractivity contribution in [3.8, 4) is 0 Å². The molecule has 0 amide bonds. The molecular weight excluding hydrogens is 232 g/mol. The first kappa shape index (κ1) is 15.9. The number of aliphatic imine (C=N–C) groups is 1. The topological polar surface area (TPSA) is 25.2 Å². The Morgan fingerprint density at radius 2 is 1.42 bits per heavy atom. The van der Waals surface area contributed by atoms with Crippen LogP contribution in [0.2, 0.25) is 0 Å². The molecule has 0 bridgehead atoms. The Kier molecular flexibility index (Phi) is 5.28. The summed E-state index contributed by atoms with van der Waals surface area (Å²) in [5.41, 5.74) is 6.12. The van der Waals surface area contributed by atoms with Crippen molar-refractivity contribution in [2.45, 2.75) is 73.1 Å². The Bertz CT molecular complexity index is 469. The van der Waals surface area contributed by atoms with E-state index in [4.69, 9.17) is 4.98 Å². The number of hydrogen-bond donors (Lipinski definition) is 0. The molecule has 0 fully saturated rings. The molecule has 19 heavy (non-hydrogen) atoms. The molecule has 0 aliphatic carbocycles. The van der Waals surface area contributed by atoms with E-state index in [9.17, 15) is 0 Å². The molecule has 1 aromatic heterocycles. The van der Waals surface area contributed by atoms with Gasteiger partial charge in [0.2, 0.25) is 0 Å².